The molecule has 1 saturated heterocycles. The molecule has 3 rings (SSSR count). The number of hydrogen-bond donors (Lipinski definition) is 1. The third-order valence-electron chi connectivity index (χ3n) is 3.15. The number of amides is 1. The Morgan fingerprint density at radius 1 is 1.25 bits per heavy atom. The molecule has 0 radical (unpaired) electrons. The number of morpholine rings is 1. The number of ether oxygens (including phenoxy) is 1. The zero-order valence-electron chi connectivity index (χ0n) is 10.7. The first-order valence-corrected chi connectivity index (χ1v) is 6.98. The SMILES string of the molecule is O=C(c1nsnc1-c1ccccc1O)N1CCOCC1. The first-order valence-electron chi connectivity index (χ1n) is 6.25. The maximum absolute atomic E-state index is 12.5. The van der Waals surface area contributed by atoms with E-state index in [1.807, 2.05) is 0 Å². The van der Waals surface area contributed by atoms with Gasteiger partial charge in [0, 0.05) is 18.7 Å². The van der Waals surface area contributed by atoms with E-state index in [-0.39, 0.29) is 11.7 Å². The van der Waals surface area contributed by atoms with Crippen LogP contribution in [0.1, 0.15) is 10.5 Å². The van der Waals surface area contributed by atoms with E-state index in [0.29, 0.717) is 43.3 Å². The maximum Gasteiger partial charge on any atom is 0.276 e. The van der Waals surface area contributed by atoms with Crippen LogP contribution in [0.5, 0.6) is 5.75 Å². The number of para-hydroxylation sites is 1. The summed E-state index contributed by atoms with van der Waals surface area (Å²) in [7, 11) is 0. The highest BCUT2D eigenvalue weighted by Crippen LogP contribution is 2.30. The molecule has 1 aromatic carbocycles. The number of carbonyl (C=O) groups excluding carboxylic acids is 1. The van der Waals surface area contributed by atoms with Crippen LogP contribution in [0.4, 0.5) is 0 Å². The predicted molar refractivity (Wildman–Crippen MR) is 73.7 cm³/mol. The Morgan fingerprint density at radius 2 is 2.00 bits per heavy atom. The molecule has 1 aromatic heterocycles. The molecule has 0 bridgehead atoms. The number of nitrogens with zero attached hydrogens (tertiary/aromatic N) is 3. The highest BCUT2D eigenvalue weighted by atomic mass is 32.1. The van der Waals surface area contributed by atoms with E-state index in [0.717, 1.165) is 11.7 Å². The second-order valence-electron chi connectivity index (χ2n) is 4.38. The second kappa shape index (κ2) is 5.56. The predicted octanol–water partition coefficient (Wildman–Crippen LogP) is 1.38. The third-order valence-corrected chi connectivity index (χ3v) is 3.68. The smallest absolute Gasteiger partial charge is 0.276 e. The summed E-state index contributed by atoms with van der Waals surface area (Å²) >= 11 is 0.972. The molecule has 0 saturated carbocycles. The fourth-order valence-electron chi connectivity index (χ4n) is 2.10. The van der Waals surface area contributed by atoms with E-state index in [4.69, 9.17) is 4.74 Å². The van der Waals surface area contributed by atoms with Gasteiger partial charge in [0.25, 0.3) is 5.91 Å². The molecule has 1 aliphatic heterocycles. The summed E-state index contributed by atoms with van der Waals surface area (Å²) in [6.45, 7) is 2.18. The molecule has 1 aliphatic rings. The van der Waals surface area contributed by atoms with Crippen LogP contribution in [0.2, 0.25) is 0 Å². The summed E-state index contributed by atoms with van der Waals surface area (Å²) in [5.74, 6) is -0.0727. The van der Waals surface area contributed by atoms with Crippen molar-refractivity contribution >= 4 is 17.6 Å². The minimum Gasteiger partial charge on any atom is -0.507 e. The van der Waals surface area contributed by atoms with Crippen LogP contribution in [-0.4, -0.2) is 51.0 Å². The molecular weight excluding hydrogens is 278 g/mol. The Bertz CT molecular complexity index is 623. The Hall–Kier alpha value is -1.99. The van der Waals surface area contributed by atoms with E-state index < -0.39 is 0 Å². The standard InChI is InChI=1S/C13H13N3O3S/c17-10-4-2-1-3-9(10)11-12(15-20-14-11)13(18)16-5-7-19-8-6-16/h1-4,17H,5-8H2. The Morgan fingerprint density at radius 3 is 2.75 bits per heavy atom. The Kier molecular flexibility index (Phi) is 3.62. The summed E-state index contributed by atoms with van der Waals surface area (Å²) in [4.78, 5) is 14.2. The zero-order valence-corrected chi connectivity index (χ0v) is 11.5. The van der Waals surface area contributed by atoms with Gasteiger partial charge >= 0.3 is 0 Å². The summed E-state index contributed by atoms with van der Waals surface area (Å²) in [6, 6.07) is 6.80. The van der Waals surface area contributed by atoms with Crippen LogP contribution in [0.3, 0.4) is 0 Å². The van der Waals surface area contributed by atoms with Crippen molar-refractivity contribution in [2.75, 3.05) is 26.3 Å². The molecular formula is C13H13N3O3S. The summed E-state index contributed by atoms with van der Waals surface area (Å²) in [6.07, 6.45) is 0. The van der Waals surface area contributed by atoms with Crippen LogP contribution >= 0.6 is 11.7 Å². The highest BCUT2D eigenvalue weighted by molar-refractivity contribution is 6.99. The molecule has 20 heavy (non-hydrogen) atoms. The van der Waals surface area contributed by atoms with Gasteiger partial charge in [-0.3, -0.25) is 4.79 Å². The molecule has 1 fully saturated rings. The molecule has 2 aromatic rings. The zero-order chi connectivity index (χ0) is 13.9. The topological polar surface area (TPSA) is 75.5 Å². The molecule has 7 heteroatoms. The molecule has 104 valence electrons. The quantitative estimate of drug-likeness (QED) is 0.904. The van der Waals surface area contributed by atoms with Crippen molar-refractivity contribution in [1.29, 1.82) is 0 Å². The highest BCUT2D eigenvalue weighted by Gasteiger charge is 2.25. The average Bonchev–Trinajstić information content (AvgIpc) is 2.97. The normalized spacial score (nSPS) is 15.3. The van der Waals surface area contributed by atoms with Crippen molar-refractivity contribution in [2.45, 2.75) is 0 Å². The number of aromatic nitrogens is 2. The van der Waals surface area contributed by atoms with Crippen molar-refractivity contribution in [2.24, 2.45) is 0 Å². The van der Waals surface area contributed by atoms with Crippen LogP contribution in [0.15, 0.2) is 24.3 Å². The lowest BCUT2D eigenvalue weighted by Gasteiger charge is -2.26. The van der Waals surface area contributed by atoms with E-state index in [1.54, 1.807) is 29.2 Å². The first-order chi connectivity index (χ1) is 9.77. The first kappa shape index (κ1) is 13.0. The molecule has 6 nitrogen and oxygen atoms in total. The van der Waals surface area contributed by atoms with Crippen molar-refractivity contribution in [1.82, 2.24) is 13.6 Å². The minimum atomic E-state index is -0.166. The monoisotopic (exact) mass is 291 g/mol. The van der Waals surface area contributed by atoms with Gasteiger partial charge in [0.15, 0.2) is 5.69 Å². The number of phenolic OH excluding ortho intramolecular Hbond substituents is 1. The van der Waals surface area contributed by atoms with Gasteiger partial charge in [0.2, 0.25) is 0 Å². The number of phenols is 1. The van der Waals surface area contributed by atoms with Gasteiger partial charge < -0.3 is 14.7 Å². The second-order valence-corrected chi connectivity index (χ2v) is 4.91. The summed E-state index contributed by atoms with van der Waals surface area (Å²) < 4.78 is 13.5. The lowest BCUT2D eigenvalue weighted by Crippen LogP contribution is -2.41. The van der Waals surface area contributed by atoms with Gasteiger partial charge in [0.05, 0.1) is 24.9 Å². The van der Waals surface area contributed by atoms with E-state index in [1.165, 1.54) is 0 Å². The number of hydrogen-bond acceptors (Lipinski definition) is 6. The number of rotatable bonds is 2. The third kappa shape index (κ3) is 2.37. The Labute approximate surface area is 119 Å². The van der Waals surface area contributed by atoms with Crippen LogP contribution < -0.4 is 0 Å². The molecule has 1 amide bonds. The van der Waals surface area contributed by atoms with Crippen molar-refractivity contribution in [3.63, 3.8) is 0 Å². The Balaban J connectivity index is 1.94. The van der Waals surface area contributed by atoms with Crippen molar-refractivity contribution in [3.05, 3.63) is 30.0 Å². The van der Waals surface area contributed by atoms with Crippen LogP contribution in [0.25, 0.3) is 11.3 Å². The molecule has 0 aliphatic carbocycles. The van der Waals surface area contributed by atoms with Gasteiger partial charge in [-0.15, -0.1) is 0 Å². The molecule has 0 atom stereocenters. The molecule has 2 heterocycles. The fraction of sp³-hybridized carbons (Fsp3) is 0.308. The minimum absolute atomic E-state index is 0.0937. The van der Waals surface area contributed by atoms with Crippen LogP contribution in [0, 0.1) is 0 Å². The van der Waals surface area contributed by atoms with Gasteiger partial charge in [0.1, 0.15) is 11.4 Å². The van der Waals surface area contributed by atoms with E-state index in [9.17, 15) is 9.90 Å². The summed E-state index contributed by atoms with van der Waals surface area (Å²) in [5, 5.41) is 9.89. The largest absolute Gasteiger partial charge is 0.507 e. The summed E-state index contributed by atoms with van der Waals surface area (Å²) in [5.41, 5.74) is 1.25. The number of carbonyl (C=O) groups is 1. The van der Waals surface area contributed by atoms with Gasteiger partial charge in [-0.2, -0.15) is 8.75 Å². The van der Waals surface area contributed by atoms with E-state index >= 15 is 0 Å². The lowest BCUT2D eigenvalue weighted by atomic mass is 10.1. The van der Waals surface area contributed by atoms with Gasteiger partial charge in [-0.25, -0.2) is 0 Å². The molecule has 1 N–H and O–H groups in total. The molecule has 0 unspecified atom stereocenters. The number of aromatic hydroxyl groups is 1. The van der Waals surface area contributed by atoms with Crippen LogP contribution in [-0.2, 0) is 4.74 Å². The average molecular weight is 291 g/mol. The van der Waals surface area contributed by atoms with Crippen molar-refractivity contribution < 1.29 is 14.6 Å². The van der Waals surface area contributed by atoms with Gasteiger partial charge in [-0.05, 0) is 12.1 Å². The maximum atomic E-state index is 12.5. The van der Waals surface area contributed by atoms with Gasteiger partial charge in [-0.1, -0.05) is 12.1 Å². The lowest BCUT2D eigenvalue weighted by molar-refractivity contribution is 0.0300. The van der Waals surface area contributed by atoms with Crippen molar-refractivity contribution in [3.8, 4) is 17.0 Å². The molecule has 0 spiro atoms. The number of benzene rings is 1. The fourth-order valence-corrected chi connectivity index (χ4v) is 2.65. The van der Waals surface area contributed by atoms with E-state index in [2.05, 4.69) is 8.75 Å².